The molecule has 0 radical (unpaired) electrons. The number of pyridine rings is 1. The monoisotopic (exact) mass is 496 g/mol. The number of benzene rings is 2. The van der Waals surface area contributed by atoms with Gasteiger partial charge in [-0.2, -0.15) is 0 Å². The number of rotatable bonds is 5. The number of hydrogen-bond acceptors (Lipinski definition) is 7. The Morgan fingerprint density at radius 2 is 1.92 bits per heavy atom. The van der Waals surface area contributed by atoms with E-state index in [2.05, 4.69) is 15.2 Å². The van der Waals surface area contributed by atoms with Gasteiger partial charge in [-0.25, -0.2) is 9.78 Å². The Kier molecular flexibility index (Phi) is 5.82. The number of methoxy groups -OCH3 is 1. The normalized spacial score (nSPS) is 13.7. The van der Waals surface area contributed by atoms with Crippen molar-refractivity contribution in [3.05, 3.63) is 89.0 Å². The van der Waals surface area contributed by atoms with Crippen LogP contribution in [0, 0.1) is 0 Å². The highest BCUT2D eigenvalue weighted by molar-refractivity contribution is 6.06. The summed E-state index contributed by atoms with van der Waals surface area (Å²) in [7, 11) is 1.58. The summed E-state index contributed by atoms with van der Waals surface area (Å²) in [6, 6.07) is 18.3. The highest BCUT2D eigenvalue weighted by atomic mass is 16.5. The fraction of sp³-hybridized carbons (Fsp3) is 0.179. The van der Waals surface area contributed by atoms with Crippen molar-refractivity contribution >= 4 is 33.9 Å². The van der Waals surface area contributed by atoms with E-state index in [1.807, 2.05) is 59.3 Å². The molecule has 0 atom stereocenters. The molecule has 2 aromatic carbocycles. The minimum absolute atomic E-state index is 0.0909. The number of carbonyl (C=O) groups excluding carboxylic acids is 1. The third-order valence-corrected chi connectivity index (χ3v) is 6.40. The maximum Gasteiger partial charge on any atom is 0.349 e. The van der Waals surface area contributed by atoms with E-state index >= 15 is 0 Å². The van der Waals surface area contributed by atoms with E-state index in [9.17, 15) is 9.59 Å². The number of nitrogens with zero attached hydrogens (tertiary/aromatic N) is 3. The number of ether oxygens (including phenoxy) is 2. The molecule has 9 heteroatoms. The number of carbonyl (C=O) groups is 1. The average Bonchev–Trinajstić information content (AvgIpc) is 3.37. The van der Waals surface area contributed by atoms with Crippen LogP contribution in [0.15, 0.2) is 82.3 Å². The molecule has 4 heterocycles. The Morgan fingerprint density at radius 3 is 2.73 bits per heavy atom. The van der Waals surface area contributed by atoms with Gasteiger partial charge in [-0.15, -0.1) is 0 Å². The predicted molar refractivity (Wildman–Crippen MR) is 141 cm³/mol. The summed E-state index contributed by atoms with van der Waals surface area (Å²) < 4.78 is 18.5. The average molecular weight is 497 g/mol. The van der Waals surface area contributed by atoms with E-state index in [1.54, 1.807) is 25.3 Å². The summed E-state index contributed by atoms with van der Waals surface area (Å²) in [5.41, 5.74) is 3.33. The zero-order valence-electron chi connectivity index (χ0n) is 20.1. The fourth-order valence-electron chi connectivity index (χ4n) is 4.53. The Bertz CT molecular complexity index is 1650. The maximum absolute atomic E-state index is 13.2. The van der Waals surface area contributed by atoms with Gasteiger partial charge in [0, 0.05) is 48.2 Å². The lowest BCUT2D eigenvalue weighted by Crippen LogP contribution is -2.36. The van der Waals surface area contributed by atoms with Gasteiger partial charge in [-0.1, -0.05) is 18.2 Å². The van der Waals surface area contributed by atoms with E-state index in [4.69, 9.17) is 13.9 Å². The van der Waals surface area contributed by atoms with Gasteiger partial charge in [0.1, 0.15) is 17.0 Å². The molecular formula is C28H24N4O5. The molecule has 6 rings (SSSR count). The van der Waals surface area contributed by atoms with Crippen molar-refractivity contribution in [2.24, 2.45) is 0 Å². The number of fused-ring (bicyclic) bond motifs is 2. The Balaban J connectivity index is 1.32. The molecule has 9 nitrogen and oxygen atoms in total. The minimum Gasteiger partial charge on any atom is -0.497 e. The number of imidazole rings is 1. The Labute approximate surface area is 211 Å². The maximum atomic E-state index is 13.2. The first-order valence-corrected chi connectivity index (χ1v) is 11.9. The van der Waals surface area contributed by atoms with Gasteiger partial charge in [0.2, 0.25) is 0 Å². The molecule has 1 saturated heterocycles. The summed E-state index contributed by atoms with van der Waals surface area (Å²) in [6.07, 6.45) is 3.85. The van der Waals surface area contributed by atoms with E-state index in [0.717, 1.165) is 22.6 Å². The summed E-state index contributed by atoms with van der Waals surface area (Å²) >= 11 is 0. The Morgan fingerprint density at radius 1 is 1.05 bits per heavy atom. The second-order valence-electron chi connectivity index (χ2n) is 8.74. The molecular weight excluding hydrogens is 472 g/mol. The lowest BCUT2D eigenvalue weighted by atomic mass is 10.1. The van der Waals surface area contributed by atoms with Crippen molar-refractivity contribution < 1.29 is 18.7 Å². The second-order valence-corrected chi connectivity index (χ2v) is 8.74. The zero-order chi connectivity index (χ0) is 25.4. The SMILES string of the molecule is COc1cc(N2CCOCC2)c2oc(=O)c(C(=O)Nc3cccc(-c4cn5ccccc5n4)c3)cc2c1. The molecule has 186 valence electrons. The summed E-state index contributed by atoms with van der Waals surface area (Å²) in [6.45, 7) is 2.49. The van der Waals surface area contributed by atoms with Crippen molar-refractivity contribution in [1.82, 2.24) is 9.38 Å². The molecule has 0 saturated carbocycles. The molecule has 1 fully saturated rings. The molecule has 0 bridgehead atoms. The van der Waals surface area contributed by atoms with Crippen molar-refractivity contribution in [3.63, 3.8) is 0 Å². The molecule has 0 aliphatic carbocycles. The van der Waals surface area contributed by atoms with Crippen LogP contribution in [0.25, 0.3) is 27.9 Å². The molecule has 1 N–H and O–H groups in total. The molecule has 37 heavy (non-hydrogen) atoms. The molecule has 3 aromatic heterocycles. The van der Waals surface area contributed by atoms with Crippen LogP contribution in [0.4, 0.5) is 11.4 Å². The van der Waals surface area contributed by atoms with Crippen molar-refractivity contribution in [2.75, 3.05) is 43.6 Å². The number of morpholine rings is 1. The first kappa shape index (κ1) is 22.8. The van der Waals surface area contributed by atoms with Crippen molar-refractivity contribution in [1.29, 1.82) is 0 Å². The van der Waals surface area contributed by atoms with Crippen LogP contribution in [0.2, 0.25) is 0 Å². The van der Waals surface area contributed by atoms with E-state index in [0.29, 0.717) is 48.7 Å². The number of nitrogens with one attached hydrogen (secondary N) is 1. The Hall–Kier alpha value is -4.63. The van der Waals surface area contributed by atoms with Crippen LogP contribution in [0.3, 0.4) is 0 Å². The molecule has 0 unspecified atom stereocenters. The van der Waals surface area contributed by atoms with Crippen LogP contribution in [0.1, 0.15) is 10.4 Å². The lowest BCUT2D eigenvalue weighted by Gasteiger charge is -2.29. The van der Waals surface area contributed by atoms with Crippen LogP contribution < -0.4 is 20.6 Å². The van der Waals surface area contributed by atoms with Gasteiger partial charge in [-0.3, -0.25) is 4.79 Å². The van der Waals surface area contributed by atoms with Gasteiger partial charge in [0.25, 0.3) is 5.91 Å². The predicted octanol–water partition coefficient (Wildman–Crippen LogP) is 4.21. The number of aromatic nitrogens is 2. The van der Waals surface area contributed by atoms with Gasteiger partial charge in [0.15, 0.2) is 5.58 Å². The number of amides is 1. The van der Waals surface area contributed by atoms with Crippen LogP contribution in [-0.2, 0) is 4.74 Å². The highest BCUT2D eigenvalue weighted by Crippen LogP contribution is 2.32. The first-order valence-electron chi connectivity index (χ1n) is 11.9. The third kappa shape index (κ3) is 4.41. The quantitative estimate of drug-likeness (QED) is 0.364. The third-order valence-electron chi connectivity index (χ3n) is 6.40. The van der Waals surface area contributed by atoms with Crippen molar-refractivity contribution in [2.45, 2.75) is 0 Å². The number of hydrogen-bond donors (Lipinski definition) is 1. The van der Waals surface area contributed by atoms with E-state index in [-0.39, 0.29) is 5.56 Å². The molecule has 0 spiro atoms. The fourth-order valence-corrected chi connectivity index (χ4v) is 4.53. The summed E-state index contributed by atoms with van der Waals surface area (Å²) in [4.78, 5) is 32.8. The van der Waals surface area contributed by atoms with Gasteiger partial charge in [0.05, 0.1) is 31.7 Å². The van der Waals surface area contributed by atoms with E-state index in [1.165, 1.54) is 0 Å². The van der Waals surface area contributed by atoms with Gasteiger partial charge < -0.3 is 28.5 Å². The first-order chi connectivity index (χ1) is 18.1. The van der Waals surface area contributed by atoms with Crippen LogP contribution >= 0.6 is 0 Å². The largest absolute Gasteiger partial charge is 0.497 e. The van der Waals surface area contributed by atoms with Crippen LogP contribution in [0.5, 0.6) is 5.75 Å². The summed E-state index contributed by atoms with van der Waals surface area (Å²) in [5, 5.41) is 3.42. The van der Waals surface area contributed by atoms with Crippen LogP contribution in [-0.4, -0.2) is 48.7 Å². The van der Waals surface area contributed by atoms with Gasteiger partial charge in [-0.05, 0) is 36.4 Å². The lowest BCUT2D eigenvalue weighted by molar-refractivity contribution is 0.102. The highest BCUT2D eigenvalue weighted by Gasteiger charge is 2.21. The van der Waals surface area contributed by atoms with Gasteiger partial charge >= 0.3 is 5.63 Å². The standard InChI is InChI=1S/C28H24N4O5/c1-35-21-14-19-15-22(28(34)37-26(19)24(16-21)31-9-11-36-12-10-31)27(33)29-20-6-4-5-18(13-20)23-17-32-8-3-2-7-25(32)30-23/h2-8,13-17H,9-12H2,1H3,(H,29,33). The molecule has 1 amide bonds. The topological polar surface area (TPSA) is 98.3 Å². The number of anilines is 2. The second kappa shape index (κ2) is 9.44. The zero-order valence-corrected chi connectivity index (χ0v) is 20.1. The van der Waals surface area contributed by atoms with E-state index < -0.39 is 11.5 Å². The molecule has 1 aliphatic rings. The minimum atomic E-state index is -0.707. The smallest absolute Gasteiger partial charge is 0.349 e. The summed E-state index contributed by atoms with van der Waals surface area (Å²) in [5.74, 6) is 0.0490. The van der Waals surface area contributed by atoms with Crippen molar-refractivity contribution in [3.8, 4) is 17.0 Å². The molecule has 5 aromatic rings. The molecule has 1 aliphatic heterocycles.